The fourth-order valence-electron chi connectivity index (χ4n) is 7.40. The van der Waals surface area contributed by atoms with Crippen LogP contribution in [0.5, 0.6) is 0 Å². The van der Waals surface area contributed by atoms with Gasteiger partial charge in [0.1, 0.15) is 0 Å². The second-order valence-corrected chi connectivity index (χ2v) is 16.6. The molecule has 6 rings (SSSR count). The highest BCUT2D eigenvalue weighted by Gasteiger charge is 2.58. The van der Waals surface area contributed by atoms with Crippen molar-refractivity contribution in [2.75, 3.05) is 6.54 Å². The maximum absolute atomic E-state index is 11.4. The Hall–Kier alpha value is -5.28. The molecule has 0 heterocycles. The summed E-state index contributed by atoms with van der Waals surface area (Å²) in [6, 6.07) is 67.1. The molecule has 6 nitrogen and oxygen atoms in total. The van der Waals surface area contributed by atoms with Gasteiger partial charge in [0.15, 0.2) is 31.1 Å². The first-order valence-electron chi connectivity index (χ1n) is 18.1. The number of halogens is 6. The lowest BCUT2D eigenvalue weighted by molar-refractivity contribution is -0.992. The summed E-state index contributed by atoms with van der Waals surface area (Å²) in [4.78, 5) is 1.47. The molecule has 0 atom stereocenters. The highest BCUT2D eigenvalue weighted by Crippen LogP contribution is 2.42. The molecule has 0 aliphatic heterocycles. The van der Waals surface area contributed by atoms with Crippen LogP contribution >= 0.6 is 0 Å². The normalized spacial score (nSPS) is 12.8. The van der Waals surface area contributed by atoms with Crippen molar-refractivity contribution >= 4 is 20.0 Å². The number of alkyl halides is 6. The molecular formula is C44H40F6N2O4S2. The summed E-state index contributed by atoms with van der Waals surface area (Å²) >= 11 is 0. The Balaban J connectivity index is 0.000000364. The lowest BCUT2D eigenvalue weighted by Crippen LogP contribution is -3.25. The topological polar surface area (TPSA) is 86.8 Å². The van der Waals surface area contributed by atoms with Gasteiger partial charge in [0.2, 0.25) is 0 Å². The molecule has 0 saturated heterocycles. The molecule has 0 bridgehead atoms. The maximum atomic E-state index is 11.4. The molecule has 0 radical (unpaired) electrons. The van der Waals surface area contributed by atoms with E-state index in [1.54, 1.807) is 0 Å². The molecule has 1 N–H and O–H groups in total. The molecule has 0 aromatic heterocycles. The van der Waals surface area contributed by atoms with Crippen molar-refractivity contribution in [2.24, 2.45) is 0 Å². The molecule has 0 amide bonds. The van der Waals surface area contributed by atoms with Gasteiger partial charge in [0.05, 0.1) is 6.54 Å². The van der Waals surface area contributed by atoms with Crippen molar-refractivity contribution in [3.63, 3.8) is 0 Å². The number of sulfonamides is 2. The van der Waals surface area contributed by atoms with Crippen molar-refractivity contribution in [2.45, 2.75) is 41.9 Å². The van der Waals surface area contributed by atoms with Crippen molar-refractivity contribution < 1.29 is 48.1 Å². The fraction of sp³-hybridized carbons (Fsp3) is 0.182. The van der Waals surface area contributed by atoms with Gasteiger partial charge in [-0.1, -0.05) is 195 Å². The Labute approximate surface area is 334 Å². The van der Waals surface area contributed by atoms with Crippen LogP contribution in [-0.2, 0) is 31.1 Å². The third-order valence-corrected chi connectivity index (χ3v) is 12.4. The Morgan fingerprint density at radius 2 is 0.621 bits per heavy atom. The summed E-state index contributed by atoms with van der Waals surface area (Å²) in [6.45, 7) is 3.26. The zero-order valence-electron chi connectivity index (χ0n) is 31.1. The van der Waals surface area contributed by atoms with Gasteiger partial charge < -0.3 is 9.03 Å². The minimum Gasteiger partial charge on any atom is -0.421 e. The minimum atomic E-state index is -6.72. The van der Waals surface area contributed by atoms with Gasteiger partial charge in [-0.05, 0) is 6.42 Å². The first-order valence-corrected chi connectivity index (χ1v) is 21.0. The molecule has 58 heavy (non-hydrogen) atoms. The van der Waals surface area contributed by atoms with Crippen LogP contribution in [0.15, 0.2) is 182 Å². The number of nitrogens with zero attached hydrogens (tertiary/aromatic N) is 1. The van der Waals surface area contributed by atoms with Gasteiger partial charge in [0, 0.05) is 33.4 Å². The predicted molar refractivity (Wildman–Crippen MR) is 212 cm³/mol. The van der Waals surface area contributed by atoms with Gasteiger partial charge in [-0.2, -0.15) is 26.3 Å². The molecule has 6 aromatic rings. The number of unbranched alkanes of at least 4 members (excludes halogenated alkanes) is 1. The van der Waals surface area contributed by atoms with Crippen LogP contribution in [0.25, 0.3) is 4.13 Å². The molecule has 0 aliphatic carbocycles. The first kappa shape index (κ1) is 43.8. The minimum absolute atomic E-state index is 0.541. The Bertz CT molecular complexity index is 2040. The van der Waals surface area contributed by atoms with Crippen LogP contribution in [-0.4, -0.2) is 34.4 Å². The molecule has 0 spiro atoms. The third-order valence-electron chi connectivity index (χ3n) is 9.71. The Morgan fingerprint density at radius 3 is 0.793 bits per heavy atom. The standard InChI is InChI=1S/C42H39N.C2F6NO4S2/c1-2-3-34-43(41(35-22-10-4-11-23-35,36-24-12-5-13-25-36)37-26-14-6-15-27-37)42(38-28-16-7-17-29-38,39-30-18-8-19-31-39)40-32-20-9-21-33-40;3-1(4,5)14(10,11)9-15(12,13)2(6,7)8/h4-33H,2-3,34H2,1H3;/q;-1/p+1. The molecular weight excluding hydrogens is 799 g/mol. The van der Waals surface area contributed by atoms with Crippen LogP contribution in [0.4, 0.5) is 26.3 Å². The van der Waals surface area contributed by atoms with E-state index in [1.165, 1.54) is 38.3 Å². The van der Waals surface area contributed by atoms with Gasteiger partial charge >= 0.3 is 11.0 Å². The van der Waals surface area contributed by atoms with Crippen LogP contribution in [0.3, 0.4) is 0 Å². The quantitative estimate of drug-likeness (QED) is 0.0928. The lowest BCUT2D eigenvalue weighted by Gasteiger charge is -2.53. The Morgan fingerprint density at radius 1 is 0.414 bits per heavy atom. The predicted octanol–water partition coefficient (Wildman–Crippen LogP) is 9.71. The fourth-order valence-corrected chi connectivity index (χ4v) is 9.11. The summed E-state index contributed by atoms with van der Waals surface area (Å²) in [6.07, 6.45) is 2.18. The Kier molecular flexibility index (Phi) is 13.7. The third kappa shape index (κ3) is 8.90. The van der Waals surface area contributed by atoms with Gasteiger partial charge in [-0.15, -0.1) is 0 Å². The molecule has 304 valence electrons. The molecule has 0 saturated carbocycles. The summed E-state index contributed by atoms with van der Waals surface area (Å²) in [7, 11) is -13.4. The van der Waals surface area contributed by atoms with Gasteiger partial charge in [-0.25, -0.2) is 16.8 Å². The van der Waals surface area contributed by atoms with E-state index >= 15 is 0 Å². The number of nitrogens with one attached hydrogen (secondary N) is 1. The zero-order valence-corrected chi connectivity index (χ0v) is 32.7. The van der Waals surface area contributed by atoms with E-state index in [0.29, 0.717) is 0 Å². The highest BCUT2D eigenvalue weighted by molar-refractivity contribution is 8.13. The number of quaternary nitrogens is 1. The van der Waals surface area contributed by atoms with Crippen molar-refractivity contribution in [3.8, 4) is 0 Å². The van der Waals surface area contributed by atoms with E-state index in [0.717, 1.165) is 23.5 Å². The van der Waals surface area contributed by atoms with Gasteiger partial charge in [0.25, 0.3) is 0 Å². The lowest BCUT2D eigenvalue weighted by atomic mass is 9.67. The average molecular weight is 839 g/mol. The molecule has 0 aliphatic rings. The summed E-state index contributed by atoms with van der Waals surface area (Å²) in [5.74, 6) is 0. The second-order valence-electron chi connectivity index (χ2n) is 13.2. The van der Waals surface area contributed by atoms with E-state index in [-0.39, 0.29) is 0 Å². The number of hydrogen-bond donors (Lipinski definition) is 1. The van der Waals surface area contributed by atoms with E-state index in [4.69, 9.17) is 0 Å². The zero-order chi connectivity index (χ0) is 42.1. The SMILES string of the molecule is CCCC[NH+](C(c1ccccc1)(c1ccccc1)c1ccccc1)C(c1ccccc1)(c1ccccc1)c1ccccc1.O=S(=O)([N-]S(=O)(=O)C(F)(F)F)C(F)(F)F. The molecule has 0 fully saturated rings. The van der Waals surface area contributed by atoms with Gasteiger partial charge in [-0.3, -0.25) is 0 Å². The van der Waals surface area contributed by atoms with Crippen molar-refractivity contribution in [3.05, 3.63) is 219 Å². The van der Waals surface area contributed by atoms with Crippen LogP contribution in [0.1, 0.15) is 53.1 Å². The summed E-state index contributed by atoms with van der Waals surface area (Å²) in [5, 5.41) is 0. The number of rotatable bonds is 13. The van der Waals surface area contributed by atoms with E-state index in [9.17, 15) is 43.2 Å². The highest BCUT2D eigenvalue weighted by atomic mass is 32.3. The summed E-state index contributed by atoms with van der Waals surface area (Å²) < 4.78 is 109. The number of benzene rings is 6. The molecule has 6 aromatic carbocycles. The summed E-state index contributed by atoms with van der Waals surface area (Å²) in [5.41, 5.74) is -5.79. The average Bonchev–Trinajstić information content (AvgIpc) is 3.22. The monoisotopic (exact) mass is 838 g/mol. The van der Waals surface area contributed by atoms with Crippen LogP contribution in [0.2, 0.25) is 0 Å². The molecule has 14 heteroatoms. The maximum Gasteiger partial charge on any atom is 0.480 e. The smallest absolute Gasteiger partial charge is 0.421 e. The van der Waals surface area contributed by atoms with E-state index < -0.39 is 42.1 Å². The second kappa shape index (κ2) is 18.1. The van der Waals surface area contributed by atoms with Crippen molar-refractivity contribution in [1.29, 1.82) is 0 Å². The molecule has 0 unspecified atom stereocenters. The van der Waals surface area contributed by atoms with Crippen molar-refractivity contribution in [1.82, 2.24) is 0 Å². The number of hydrogen-bond acceptors (Lipinski definition) is 4. The van der Waals surface area contributed by atoms with Crippen LogP contribution < -0.4 is 4.90 Å². The van der Waals surface area contributed by atoms with E-state index in [2.05, 4.69) is 189 Å². The van der Waals surface area contributed by atoms with Crippen LogP contribution in [0, 0.1) is 0 Å². The van der Waals surface area contributed by atoms with E-state index in [1.807, 2.05) is 0 Å². The first-order chi connectivity index (χ1) is 27.5. The largest absolute Gasteiger partial charge is 0.480 e.